The molecule has 0 atom stereocenters. The minimum atomic E-state index is -0.643. The number of nitrogens with zero attached hydrogens (tertiary/aromatic N) is 5. The van der Waals surface area contributed by atoms with E-state index in [1.54, 1.807) is 0 Å². The van der Waals surface area contributed by atoms with Crippen molar-refractivity contribution in [2.75, 3.05) is 25.0 Å². The molecule has 2 aliphatic rings. The molecule has 0 unspecified atom stereocenters. The molecule has 1 spiro atoms. The Morgan fingerprint density at radius 2 is 1.92 bits per heavy atom. The van der Waals surface area contributed by atoms with Crippen molar-refractivity contribution >= 4 is 22.7 Å². The summed E-state index contributed by atoms with van der Waals surface area (Å²) in [5.41, 5.74) is 2.63. The number of benzene rings is 2. The Morgan fingerprint density at radius 3 is 2.61 bits per heavy atom. The van der Waals surface area contributed by atoms with Crippen molar-refractivity contribution in [2.24, 2.45) is 7.05 Å². The summed E-state index contributed by atoms with van der Waals surface area (Å²) in [6.45, 7) is 1.75. The Labute approximate surface area is 217 Å². The highest BCUT2D eigenvalue weighted by atomic mass is 16.3. The number of β-amino-alcohol motifs (C(OH)–C–C–N with tert-alkyl or cyclic N) is 1. The lowest BCUT2D eigenvalue weighted by Crippen LogP contribution is -2.55. The number of para-hydroxylation sites is 1. The molecule has 1 aliphatic carbocycles. The maximum Gasteiger partial charge on any atom is 0.335 e. The summed E-state index contributed by atoms with van der Waals surface area (Å²) >= 11 is 0. The van der Waals surface area contributed by atoms with E-state index in [4.69, 9.17) is 5.41 Å². The standard InChI is InChI=1S/C27H29N7O4/c1-32-24-18(23(28)34(26(32)38)22-20(36)4-2-5-21(22)37)15-29-25(31-24)30-17-6-7-19-16(14-17)8-11-33(12-13-35)27(19)9-3-10-27/h2,4-7,14-15,28,35-37H,3,8-13H2,1H3,(H,29,30,31). The number of phenolic OH excluding ortho intramolecular Hbond substituents is 2. The largest absolute Gasteiger partial charge is 0.506 e. The number of anilines is 2. The fourth-order valence-corrected chi connectivity index (χ4v) is 5.91. The van der Waals surface area contributed by atoms with Crippen LogP contribution in [0.1, 0.15) is 30.4 Å². The van der Waals surface area contributed by atoms with Crippen LogP contribution in [-0.4, -0.2) is 59.0 Å². The van der Waals surface area contributed by atoms with E-state index in [0.717, 1.165) is 36.1 Å². The number of aliphatic hydroxyl groups is 1. The highest BCUT2D eigenvalue weighted by Crippen LogP contribution is 2.50. The van der Waals surface area contributed by atoms with Gasteiger partial charge in [-0.25, -0.2) is 14.3 Å². The van der Waals surface area contributed by atoms with E-state index in [2.05, 4.69) is 32.3 Å². The first-order chi connectivity index (χ1) is 18.3. The predicted octanol–water partition coefficient (Wildman–Crippen LogP) is 1.98. The van der Waals surface area contributed by atoms with Gasteiger partial charge in [-0.3, -0.25) is 14.9 Å². The molecule has 5 N–H and O–H groups in total. The van der Waals surface area contributed by atoms with Crippen LogP contribution in [-0.2, 0) is 19.0 Å². The average Bonchev–Trinajstić information content (AvgIpc) is 2.88. The van der Waals surface area contributed by atoms with Gasteiger partial charge < -0.3 is 20.6 Å². The van der Waals surface area contributed by atoms with Crippen molar-refractivity contribution in [1.29, 1.82) is 5.41 Å². The van der Waals surface area contributed by atoms with E-state index >= 15 is 0 Å². The summed E-state index contributed by atoms with van der Waals surface area (Å²) in [6.07, 6.45) is 5.73. The summed E-state index contributed by atoms with van der Waals surface area (Å²) in [5.74, 6) is -0.365. The maximum atomic E-state index is 13.2. The van der Waals surface area contributed by atoms with Gasteiger partial charge in [0.1, 0.15) is 22.7 Å². The molecule has 2 aromatic carbocycles. The molecule has 1 aliphatic heterocycles. The molecule has 0 bridgehead atoms. The van der Waals surface area contributed by atoms with E-state index in [9.17, 15) is 20.1 Å². The van der Waals surface area contributed by atoms with E-state index < -0.39 is 5.69 Å². The van der Waals surface area contributed by atoms with Crippen molar-refractivity contribution in [2.45, 2.75) is 31.2 Å². The van der Waals surface area contributed by atoms with Gasteiger partial charge >= 0.3 is 5.69 Å². The van der Waals surface area contributed by atoms with Crippen molar-refractivity contribution in [3.8, 4) is 17.2 Å². The third kappa shape index (κ3) is 3.57. The summed E-state index contributed by atoms with van der Waals surface area (Å²) in [6, 6.07) is 10.4. The zero-order chi connectivity index (χ0) is 26.6. The first kappa shape index (κ1) is 24.1. The van der Waals surface area contributed by atoms with Crippen LogP contribution in [0.4, 0.5) is 11.6 Å². The molecular formula is C27H29N7O4. The molecule has 38 heavy (non-hydrogen) atoms. The second kappa shape index (κ2) is 8.96. The molecule has 0 amide bonds. The lowest BCUT2D eigenvalue weighted by atomic mass is 9.67. The summed E-state index contributed by atoms with van der Waals surface area (Å²) in [5, 5.41) is 42.2. The fraction of sp³-hybridized carbons (Fsp3) is 0.333. The van der Waals surface area contributed by atoms with Gasteiger partial charge in [0.05, 0.1) is 12.0 Å². The van der Waals surface area contributed by atoms with Crippen LogP contribution < -0.4 is 16.5 Å². The number of hydrogen-bond acceptors (Lipinski definition) is 9. The van der Waals surface area contributed by atoms with Crippen LogP contribution in [0.5, 0.6) is 11.5 Å². The number of fused-ring (bicyclic) bond motifs is 3. The monoisotopic (exact) mass is 515 g/mol. The van der Waals surface area contributed by atoms with Crippen LogP contribution in [0.25, 0.3) is 16.7 Å². The van der Waals surface area contributed by atoms with Crippen molar-refractivity contribution in [1.82, 2.24) is 24.0 Å². The molecule has 11 heteroatoms. The first-order valence-corrected chi connectivity index (χ1v) is 12.6. The Bertz CT molecular complexity index is 1670. The number of rotatable bonds is 5. The Kier molecular flexibility index (Phi) is 5.69. The number of aliphatic hydroxyl groups excluding tert-OH is 1. The zero-order valence-electron chi connectivity index (χ0n) is 21.0. The van der Waals surface area contributed by atoms with Gasteiger partial charge in [-0.15, -0.1) is 0 Å². The van der Waals surface area contributed by atoms with Crippen molar-refractivity contribution in [3.05, 3.63) is 69.7 Å². The molecular weight excluding hydrogens is 486 g/mol. The van der Waals surface area contributed by atoms with Gasteiger partial charge in [-0.1, -0.05) is 12.1 Å². The number of aryl methyl sites for hydroxylation is 1. The number of hydrogen-bond donors (Lipinski definition) is 5. The second-order valence-electron chi connectivity index (χ2n) is 9.94. The lowest BCUT2D eigenvalue weighted by Gasteiger charge is -2.54. The quantitative estimate of drug-likeness (QED) is 0.271. The third-order valence-electron chi connectivity index (χ3n) is 7.93. The maximum absolute atomic E-state index is 13.2. The van der Waals surface area contributed by atoms with Crippen molar-refractivity contribution < 1.29 is 15.3 Å². The van der Waals surface area contributed by atoms with Crippen molar-refractivity contribution in [3.63, 3.8) is 0 Å². The van der Waals surface area contributed by atoms with Crippen LogP contribution in [0.3, 0.4) is 0 Å². The third-order valence-corrected chi connectivity index (χ3v) is 7.93. The summed E-state index contributed by atoms with van der Waals surface area (Å²) in [4.78, 5) is 24.5. The van der Waals surface area contributed by atoms with Crippen LogP contribution >= 0.6 is 0 Å². The van der Waals surface area contributed by atoms with Gasteiger partial charge in [0.25, 0.3) is 0 Å². The van der Waals surface area contributed by atoms with Gasteiger partial charge in [0, 0.05) is 37.6 Å². The lowest BCUT2D eigenvalue weighted by molar-refractivity contribution is -0.00808. The summed E-state index contributed by atoms with van der Waals surface area (Å²) in [7, 11) is 1.52. The van der Waals surface area contributed by atoms with Gasteiger partial charge in [-0.2, -0.15) is 4.98 Å². The highest BCUT2D eigenvalue weighted by molar-refractivity contribution is 5.75. The Hall–Kier alpha value is -4.22. The van der Waals surface area contributed by atoms with Crippen LogP contribution in [0.15, 0.2) is 47.4 Å². The number of aromatic nitrogens is 4. The SMILES string of the molecule is Cn1c(=O)n(-c2c(O)cccc2O)c(=N)c2cnc(Nc3ccc4c(c3)CCN(CCO)C43CCC3)nc21. The molecule has 3 heterocycles. The molecule has 4 aromatic rings. The van der Waals surface area contributed by atoms with E-state index in [1.807, 2.05) is 6.07 Å². The van der Waals surface area contributed by atoms with Crippen LogP contribution in [0.2, 0.25) is 0 Å². The number of phenols is 2. The molecule has 6 rings (SSSR count). The number of nitrogens with one attached hydrogen (secondary N) is 2. The predicted molar refractivity (Wildman–Crippen MR) is 141 cm³/mol. The van der Waals surface area contributed by atoms with E-state index in [0.29, 0.717) is 6.54 Å². The molecule has 0 saturated heterocycles. The van der Waals surface area contributed by atoms with E-state index in [-0.39, 0.29) is 51.8 Å². The molecule has 196 valence electrons. The fourth-order valence-electron chi connectivity index (χ4n) is 5.91. The smallest absolute Gasteiger partial charge is 0.335 e. The highest BCUT2D eigenvalue weighted by Gasteiger charge is 2.46. The van der Waals surface area contributed by atoms with Gasteiger partial charge in [0.15, 0.2) is 5.65 Å². The molecule has 2 aromatic heterocycles. The minimum Gasteiger partial charge on any atom is -0.506 e. The van der Waals surface area contributed by atoms with Gasteiger partial charge in [-0.05, 0) is 61.1 Å². The second-order valence-corrected chi connectivity index (χ2v) is 9.94. The Morgan fingerprint density at radius 1 is 1.16 bits per heavy atom. The topological polar surface area (TPSA) is 153 Å². The Balaban J connectivity index is 1.37. The average molecular weight is 516 g/mol. The molecule has 11 nitrogen and oxygen atoms in total. The normalized spacial score (nSPS) is 16.4. The molecule has 1 fully saturated rings. The minimum absolute atomic E-state index is 0.0219. The zero-order valence-corrected chi connectivity index (χ0v) is 21.0. The summed E-state index contributed by atoms with van der Waals surface area (Å²) < 4.78 is 2.19. The molecule has 0 radical (unpaired) electrons. The number of aromatic hydroxyl groups is 2. The van der Waals surface area contributed by atoms with Crippen LogP contribution in [0, 0.1) is 5.41 Å². The van der Waals surface area contributed by atoms with Gasteiger partial charge in [0.2, 0.25) is 5.95 Å². The molecule has 1 saturated carbocycles. The first-order valence-electron chi connectivity index (χ1n) is 12.6. The van der Waals surface area contributed by atoms with E-state index in [1.165, 1.54) is 53.6 Å².